The first kappa shape index (κ1) is 8.58. The monoisotopic (exact) mass is 184 g/mol. The molecule has 68 valence electrons. The number of rotatable bonds is 1. The van der Waals surface area contributed by atoms with Crippen LogP contribution in [0.3, 0.4) is 0 Å². The van der Waals surface area contributed by atoms with Crippen LogP contribution in [0.4, 0.5) is 0 Å². The fourth-order valence-corrected chi connectivity index (χ4v) is 1.33. The molecule has 1 aromatic heterocycles. The fraction of sp³-hybridized carbons (Fsp3) is 0.0833. The summed E-state index contributed by atoms with van der Waals surface area (Å²) in [5.41, 5.74) is 1.23. The maximum Gasteiger partial charge on any atom is 0.336 e. The molecule has 2 rings (SSSR count). The minimum Gasteiger partial charge on any atom is -0.423 e. The topological polar surface area (TPSA) is 30.2 Å². The minimum absolute atomic E-state index is 0.338. The van der Waals surface area contributed by atoms with E-state index in [9.17, 15) is 4.79 Å². The van der Waals surface area contributed by atoms with Crippen molar-refractivity contribution in [1.82, 2.24) is 0 Å². The van der Waals surface area contributed by atoms with E-state index in [0.717, 1.165) is 10.9 Å². The van der Waals surface area contributed by atoms with Crippen LogP contribution in [0, 0.1) is 12.3 Å². The molecule has 1 aromatic carbocycles. The van der Waals surface area contributed by atoms with Crippen molar-refractivity contribution in [3.8, 4) is 12.3 Å². The van der Waals surface area contributed by atoms with E-state index in [0.29, 0.717) is 12.0 Å². The van der Waals surface area contributed by atoms with Crippen LogP contribution in [0.1, 0.15) is 5.56 Å². The Bertz CT molecular complexity index is 558. The van der Waals surface area contributed by atoms with Crippen molar-refractivity contribution in [3.63, 3.8) is 0 Å². The molecule has 0 fully saturated rings. The second kappa shape index (κ2) is 3.39. The smallest absolute Gasteiger partial charge is 0.336 e. The number of hydrogen-bond acceptors (Lipinski definition) is 2. The van der Waals surface area contributed by atoms with E-state index in [4.69, 9.17) is 10.8 Å². The van der Waals surface area contributed by atoms with Crippen molar-refractivity contribution < 1.29 is 4.42 Å². The third kappa shape index (κ3) is 1.53. The van der Waals surface area contributed by atoms with Crippen LogP contribution in [-0.4, -0.2) is 0 Å². The van der Waals surface area contributed by atoms with Gasteiger partial charge in [-0.2, -0.15) is 0 Å². The molecule has 2 aromatic rings. The summed E-state index contributed by atoms with van der Waals surface area (Å²) in [7, 11) is 0. The standard InChI is InChI=1S/C12H8O2/c1-2-3-9-4-5-10-6-7-12(13)14-11(10)8-9/h1,4-8H,3H2. The molecule has 0 amide bonds. The zero-order valence-corrected chi connectivity index (χ0v) is 7.49. The second-order valence-electron chi connectivity index (χ2n) is 3.01. The van der Waals surface area contributed by atoms with Gasteiger partial charge in [0, 0.05) is 17.9 Å². The summed E-state index contributed by atoms with van der Waals surface area (Å²) in [4.78, 5) is 10.9. The van der Waals surface area contributed by atoms with Gasteiger partial charge >= 0.3 is 5.63 Å². The normalized spacial score (nSPS) is 9.93. The predicted octanol–water partition coefficient (Wildman–Crippen LogP) is 1.97. The number of hydrogen-bond donors (Lipinski definition) is 0. The first-order valence-corrected chi connectivity index (χ1v) is 4.26. The Morgan fingerprint density at radius 2 is 2.07 bits per heavy atom. The minimum atomic E-state index is -0.338. The molecule has 0 bridgehead atoms. The van der Waals surface area contributed by atoms with Gasteiger partial charge in [0.25, 0.3) is 0 Å². The van der Waals surface area contributed by atoms with Gasteiger partial charge in [-0.1, -0.05) is 12.1 Å². The quantitative estimate of drug-likeness (QED) is 0.501. The zero-order valence-electron chi connectivity index (χ0n) is 7.49. The molecule has 0 aliphatic rings. The molecule has 0 aliphatic heterocycles. The zero-order chi connectivity index (χ0) is 9.97. The summed E-state index contributed by atoms with van der Waals surface area (Å²) in [6.45, 7) is 0. The van der Waals surface area contributed by atoms with Crippen molar-refractivity contribution in [1.29, 1.82) is 0 Å². The van der Waals surface area contributed by atoms with Crippen molar-refractivity contribution in [2.24, 2.45) is 0 Å². The Morgan fingerprint density at radius 1 is 1.29 bits per heavy atom. The van der Waals surface area contributed by atoms with Crippen molar-refractivity contribution >= 4 is 11.0 Å². The Hall–Kier alpha value is -2.01. The van der Waals surface area contributed by atoms with Crippen molar-refractivity contribution in [2.45, 2.75) is 6.42 Å². The summed E-state index contributed by atoms with van der Waals surface area (Å²) in [6, 6.07) is 8.77. The average molecular weight is 184 g/mol. The Kier molecular flexibility index (Phi) is 2.08. The Balaban J connectivity index is 2.65. The lowest BCUT2D eigenvalue weighted by molar-refractivity contribution is 0.560. The largest absolute Gasteiger partial charge is 0.423 e. The highest BCUT2D eigenvalue weighted by Crippen LogP contribution is 2.13. The maximum absolute atomic E-state index is 10.9. The molecule has 2 nitrogen and oxygen atoms in total. The molecular weight excluding hydrogens is 176 g/mol. The molecule has 0 unspecified atom stereocenters. The van der Waals surface area contributed by atoms with Crippen LogP contribution in [0.25, 0.3) is 11.0 Å². The van der Waals surface area contributed by atoms with Crippen LogP contribution in [0.2, 0.25) is 0 Å². The molecule has 0 atom stereocenters. The van der Waals surface area contributed by atoms with Gasteiger partial charge in [0.05, 0.1) is 0 Å². The molecule has 0 aliphatic carbocycles. The van der Waals surface area contributed by atoms with E-state index < -0.39 is 0 Å². The lowest BCUT2D eigenvalue weighted by atomic mass is 10.1. The fourth-order valence-electron chi connectivity index (χ4n) is 1.33. The van der Waals surface area contributed by atoms with Gasteiger partial charge < -0.3 is 4.42 Å². The van der Waals surface area contributed by atoms with E-state index in [1.807, 2.05) is 12.1 Å². The molecule has 0 spiro atoms. The molecular formula is C12H8O2. The van der Waals surface area contributed by atoms with Crippen LogP contribution in [0.5, 0.6) is 0 Å². The van der Waals surface area contributed by atoms with Crippen molar-refractivity contribution in [2.75, 3.05) is 0 Å². The predicted molar refractivity (Wildman–Crippen MR) is 55.0 cm³/mol. The van der Waals surface area contributed by atoms with Gasteiger partial charge in [-0.15, -0.1) is 12.3 Å². The van der Waals surface area contributed by atoms with Gasteiger partial charge in [-0.05, 0) is 17.7 Å². The molecule has 0 radical (unpaired) electrons. The van der Waals surface area contributed by atoms with Gasteiger partial charge in [0.15, 0.2) is 0 Å². The van der Waals surface area contributed by atoms with Crippen LogP contribution in [0.15, 0.2) is 39.5 Å². The van der Waals surface area contributed by atoms with Gasteiger partial charge in [-0.25, -0.2) is 4.79 Å². The lowest BCUT2D eigenvalue weighted by Gasteiger charge is -1.98. The van der Waals surface area contributed by atoms with Crippen LogP contribution < -0.4 is 5.63 Å². The third-order valence-corrected chi connectivity index (χ3v) is 1.99. The molecule has 14 heavy (non-hydrogen) atoms. The van der Waals surface area contributed by atoms with E-state index in [2.05, 4.69) is 5.92 Å². The summed E-state index contributed by atoms with van der Waals surface area (Å²) >= 11 is 0. The summed E-state index contributed by atoms with van der Waals surface area (Å²) < 4.78 is 5.02. The molecule has 0 saturated carbocycles. The molecule has 0 N–H and O–H groups in total. The SMILES string of the molecule is C#CCc1ccc2ccc(=O)oc2c1. The average Bonchev–Trinajstić information content (AvgIpc) is 2.17. The summed E-state index contributed by atoms with van der Waals surface area (Å²) in [6.07, 6.45) is 5.74. The molecule has 2 heteroatoms. The highest BCUT2D eigenvalue weighted by atomic mass is 16.4. The highest BCUT2D eigenvalue weighted by Gasteiger charge is 1.97. The van der Waals surface area contributed by atoms with Gasteiger partial charge in [-0.3, -0.25) is 0 Å². The number of terminal acetylenes is 1. The number of benzene rings is 1. The van der Waals surface area contributed by atoms with Gasteiger partial charge in [0.1, 0.15) is 5.58 Å². The second-order valence-corrected chi connectivity index (χ2v) is 3.01. The summed E-state index contributed by atoms with van der Waals surface area (Å²) in [5.74, 6) is 2.54. The summed E-state index contributed by atoms with van der Waals surface area (Å²) in [5, 5.41) is 0.908. The maximum atomic E-state index is 10.9. The molecule has 1 heterocycles. The van der Waals surface area contributed by atoms with E-state index in [-0.39, 0.29) is 5.63 Å². The number of fused-ring (bicyclic) bond motifs is 1. The lowest BCUT2D eigenvalue weighted by Crippen LogP contribution is -1.94. The van der Waals surface area contributed by atoms with E-state index >= 15 is 0 Å². The molecule has 0 saturated heterocycles. The van der Waals surface area contributed by atoms with Crippen LogP contribution in [-0.2, 0) is 6.42 Å². The first-order chi connectivity index (χ1) is 6.79. The third-order valence-electron chi connectivity index (χ3n) is 1.99. The van der Waals surface area contributed by atoms with Crippen LogP contribution >= 0.6 is 0 Å². The first-order valence-electron chi connectivity index (χ1n) is 4.26. The van der Waals surface area contributed by atoms with Crippen molar-refractivity contribution in [3.05, 3.63) is 46.3 Å². The Morgan fingerprint density at radius 3 is 2.86 bits per heavy atom. The van der Waals surface area contributed by atoms with Gasteiger partial charge in [0.2, 0.25) is 0 Å². The van der Waals surface area contributed by atoms with E-state index in [1.54, 1.807) is 12.1 Å². The van der Waals surface area contributed by atoms with E-state index in [1.165, 1.54) is 6.07 Å². The Labute approximate surface area is 81.2 Å². The highest BCUT2D eigenvalue weighted by molar-refractivity contribution is 5.76.